The minimum Gasteiger partial charge on any atom is -0.423 e. The van der Waals surface area contributed by atoms with Crippen LogP contribution in [0.25, 0.3) is 0 Å². The molecule has 4 nitrogen and oxygen atoms in total. The van der Waals surface area contributed by atoms with E-state index in [9.17, 15) is 0 Å². The normalized spacial score (nSPS) is 12.2. The molecule has 0 spiro atoms. The van der Waals surface area contributed by atoms with Crippen LogP contribution in [0.5, 0.6) is 0 Å². The van der Waals surface area contributed by atoms with Crippen molar-refractivity contribution in [2.45, 2.75) is 12.5 Å². The molecule has 1 aromatic rings. The molecule has 0 aliphatic heterocycles. The van der Waals surface area contributed by atoms with Crippen LogP contribution in [0.1, 0.15) is 18.2 Å². The van der Waals surface area contributed by atoms with Crippen molar-refractivity contribution in [3.05, 3.63) is 36.7 Å². The van der Waals surface area contributed by atoms with Crippen molar-refractivity contribution in [1.82, 2.24) is 4.98 Å². The second kappa shape index (κ2) is 4.90. The molecular formula is C9H13BN2O2. The van der Waals surface area contributed by atoms with E-state index >= 15 is 0 Å². The molecule has 1 heterocycles. The Hall–Kier alpha value is -1.17. The number of hydrogen-bond donors (Lipinski definition) is 3. The number of rotatable bonds is 4. The maximum absolute atomic E-state index is 8.93. The van der Waals surface area contributed by atoms with E-state index in [2.05, 4.69) is 11.6 Å². The average Bonchev–Trinajstić information content (AvgIpc) is 2.18. The molecule has 1 rings (SSSR count). The van der Waals surface area contributed by atoms with Crippen LogP contribution in [0.2, 0.25) is 0 Å². The molecular weight excluding hydrogens is 179 g/mol. The first kappa shape index (κ1) is 10.9. The van der Waals surface area contributed by atoms with Crippen molar-refractivity contribution >= 4 is 12.6 Å². The van der Waals surface area contributed by atoms with Gasteiger partial charge in [0.1, 0.15) is 0 Å². The maximum atomic E-state index is 8.93. The second-order valence-electron chi connectivity index (χ2n) is 3.02. The van der Waals surface area contributed by atoms with Gasteiger partial charge in [0.05, 0.1) is 11.7 Å². The Bertz CT molecular complexity index is 317. The van der Waals surface area contributed by atoms with Gasteiger partial charge in [-0.25, -0.2) is 0 Å². The molecule has 0 amide bonds. The van der Waals surface area contributed by atoms with Crippen molar-refractivity contribution in [3.8, 4) is 0 Å². The van der Waals surface area contributed by atoms with Gasteiger partial charge in [-0.3, -0.25) is 4.98 Å². The highest BCUT2D eigenvalue weighted by Gasteiger charge is 2.13. The van der Waals surface area contributed by atoms with Gasteiger partial charge in [-0.05, 0) is 24.0 Å². The molecule has 0 saturated carbocycles. The van der Waals surface area contributed by atoms with Crippen LogP contribution in [0.15, 0.2) is 31.0 Å². The Labute approximate surface area is 83.2 Å². The summed E-state index contributed by atoms with van der Waals surface area (Å²) in [5, 5.41) is 17.9. The van der Waals surface area contributed by atoms with Crippen LogP contribution in [-0.4, -0.2) is 22.2 Å². The Kier molecular flexibility index (Phi) is 3.82. The number of pyridine rings is 1. The fourth-order valence-corrected chi connectivity index (χ4v) is 1.13. The zero-order chi connectivity index (χ0) is 10.6. The van der Waals surface area contributed by atoms with Crippen molar-refractivity contribution in [3.63, 3.8) is 0 Å². The van der Waals surface area contributed by atoms with E-state index in [-0.39, 0.29) is 6.04 Å². The third kappa shape index (κ3) is 2.66. The van der Waals surface area contributed by atoms with Gasteiger partial charge in [-0.1, -0.05) is 6.08 Å². The summed E-state index contributed by atoms with van der Waals surface area (Å²) in [6, 6.07) is 2.87. The fraction of sp³-hybridized carbons (Fsp3) is 0.222. The van der Waals surface area contributed by atoms with E-state index in [1.54, 1.807) is 12.1 Å². The molecule has 1 aromatic heterocycles. The minimum absolute atomic E-state index is 0.244. The van der Waals surface area contributed by atoms with Crippen LogP contribution >= 0.6 is 0 Å². The van der Waals surface area contributed by atoms with Gasteiger partial charge in [0.2, 0.25) is 0 Å². The number of nitrogens with zero attached hydrogens (tertiary/aromatic N) is 1. The molecule has 0 saturated heterocycles. The van der Waals surface area contributed by atoms with Crippen molar-refractivity contribution in [1.29, 1.82) is 0 Å². The van der Waals surface area contributed by atoms with Crippen LogP contribution in [-0.2, 0) is 0 Å². The Balaban J connectivity index is 2.87. The molecule has 0 aromatic carbocycles. The molecule has 0 aliphatic rings. The average molecular weight is 192 g/mol. The highest BCUT2D eigenvalue weighted by molar-refractivity contribution is 6.58. The topological polar surface area (TPSA) is 79.4 Å². The van der Waals surface area contributed by atoms with Crippen molar-refractivity contribution in [2.75, 3.05) is 0 Å². The van der Waals surface area contributed by atoms with E-state index in [0.29, 0.717) is 17.6 Å². The van der Waals surface area contributed by atoms with Gasteiger partial charge in [-0.2, -0.15) is 0 Å². The van der Waals surface area contributed by atoms with Gasteiger partial charge >= 0.3 is 7.12 Å². The predicted molar refractivity (Wildman–Crippen MR) is 55.8 cm³/mol. The molecule has 5 heteroatoms. The second-order valence-corrected chi connectivity index (χ2v) is 3.02. The zero-order valence-electron chi connectivity index (χ0n) is 7.80. The quantitative estimate of drug-likeness (QED) is 0.437. The van der Waals surface area contributed by atoms with Gasteiger partial charge in [0, 0.05) is 6.20 Å². The van der Waals surface area contributed by atoms with E-state index in [4.69, 9.17) is 15.8 Å². The van der Waals surface area contributed by atoms with Gasteiger partial charge in [0.15, 0.2) is 0 Å². The number of nitrogens with two attached hydrogens (primary N) is 1. The molecule has 0 radical (unpaired) electrons. The number of aromatic nitrogens is 1. The highest BCUT2D eigenvalue weighted by atomic mass is 16.4. The Morgan fingerprint density at radius 1 is 1.64 bits per heavy atom. The Morgan fingerprint density at radius 3 is 2.93 bits per heavy atom. The lowest BCUT2D eigenvalue weighted by Gasteiger charge is -2.09. The molecule has 1 unspecified atom stereocenters. The summed E-state index contributed by atoms with van der Waals surface area (Å²) in [5.41, 5.74) is 6.81. The van der Waals surface area contributed by atoms with Gasteiger partial charge < -0.3 is 15.8 Å². The summed E-state index contributed by atoms with van der Waals surface area (Å²) in [6.45, 7) is 3.58. The predicted octanol–water partition coefficient (Wildman–Crippen LogP) is -0.663. The first-order valence-corrected chi connectivity index (χ1v) is 4.33. The molecule has 0 bridgehead atoms. The summed E-state index contributed by atoms with van der Waals surface area (Å²) in [4.78, 5) is 4.05. The van der Waals surface area contributed by atoms with E-state index in [1.165, 1.54) is 12.3 Å². The summed E-state index contributed by atoms with van der Waals surface area (Å²) in [6.07, 6.45) is 3.82. The third-order valence-corrected chi connectivity index (χ3v) is 1.90. The van der Waals surface area contributed by atoms with Gasteiger partial charge in [-0.15, -0.1) is 6.58 Å². The summed E-state index contributed by atoms with van der Waals surface area (Å²) >= 11 is 0. The molecule has 14 heavy (non-hydrogen) atoms. The molecule has 4 N–H and O–H groups in total. The lowest BCUT2D eigenvalue weighted by atomic mass is 9.80. The first-order chi connectivity index (χ1) is 6.65. The lowest BCUT2D eigenvalue weighted by Crippen LogP contribution is -2.31. The van der Waals surface area contributed by atoms with Crippen LogP contribution in [0.3, 0.4) is 0 Å². The van der Waals surface area contributed by atoms with Crippen LogP contribution in [0.4, 0.5) is 0 Å². The van der Waals surface area contributed by atoms with Gasteiger partial charge in [0.25, 0.3) is 0 Å². The van der Waals surface area contributed by atoms with Crippen molar-refractivity contribution in [2.24, 2.45) is 5.73 Å². The smallest absolute Gasteiger partial charge is 0.423 e. The Morgan fingerprint density at radius 2 is 2.36 bits per heavy atom. The SMILES string of the molecule is C=CCC(N)c1cc(B(O)O)ccn1. The summed E-state index contributed by atoms with van der Waals surface area (Å²) < 4.78 is 0. The highest BCUT2D eigenvalue weighted by Crippen LogP contribution is 2.09. The van der Waals surface area contributed by atoms with Crippen LogP contribution in [0, 0.1) is 0 Å². The van der Waals surface area contributed by atoms with Crippen LogP contribution < -0.4 is 11.2 Å². The molecule has 0 fully saturated rings. The minimum atomic E-state index is -1.48. The molecule has 74 valence electrons. The van der Waals surface area contributed by atoms with E-state index in [1.807, 2.05) is 0 Å². The summed E-state index contributed by atoms with van der Waals surface area (Å²) in [5.74, 6) is 0. The van der Waals surface area contributed by atoms with Crippen molar-refractivity contribution < 1.29 is 10.0 Å². The lowest BCUT2D eigenvalue weighted by molar-refractivity contribution is 0.425. The zero-order valence-corrected chi connectivity index (χ0v) is 7.80. The molecule has 0 aliphatic carbocycles. The molecule has 1 atom stereocenters. The van der Waals surface area contributed by atoms with E-state index in [0.717, 1.165) is 0 Å². The third-order valence-electron chi connectivity index (χ3n) is 1.90. The summed E-state index contributed by atoms with van der Waals surface area (Å²) in [7, 11) is -1.48. The first-order valence-electron chi connectivity index (χ1n) is 4.33. The fourth-order valence-electron chi connectivity index (χ4n) is 1.13. The monoisotopic (exact) mass is 192 g/mol. The largest absolute Gasteiger partial charge is 0.488 e. The number of hydrogen-bond acceptors (Lipinski definition) is 4. The maximum Gasteiger partial charge on any atom is 0.488 e. The standard InChI is InChI=1S/C9H13BN2O2/c1-2-3-8(11)9-6-7(10(13)14)4-5-12-9/h2,4-6,8,13-14H,1,3,11H2. The van der Waals surface area contributed by atoms with E-state index < -0.39 is 7.12 Å².